The van der Waals surface area contributed by atoms with Crippen molar-refractivity contribution in [3.63, 3.8) is 0 Å². The Morgan fingerprint density at radius 1 is 1.16 bits per heavy atom. The molecule has 0 bridgehead atoms. The molecular weight excluding hydrogens is 424 g/mol. The normalized spacial score (nSPS) is 19.8. The zero-order valence-corrected chi connectivity index (χ0v) is 19.2. The van der Waals surface area contributed by atoms with E-state index < -0.39 is 0 Å². The second-order valence-electron chi connectivity index (χ2n) is 8.39. The van der Waals surface area contributed by atoms with E-state index in [0.717, 1.165) is 64.7 Å². The van der Waals surface area contributed by atoms with Gasteiger partial charge in [-0.05, 0) is 42.3 Å². The number of carbonyl (C=O) groups excluding carboxylic acids is 1. The summed E-state index contributed by atoms with van der Waals surface area (Å²) in [7, 11) is 1.72. The minimum Gasteiger partial charge on any atom is -0.495 e. The molecule has 0 unspecified atom stereocenters. The number of ether oxygens (including phenoxy) is 2. The van der Waals surface area contributed by atoms with Gasteiger partial charge < -0.3 is 25.0 Å². The maximum absolute atomic E-state index is 11.6. The lowest BCUT2D eigenvalue weighted by Gasteiger charge is -2.30. The van der Waals surface area contributed by atoms with Gasteiger partial charge in [-0.1, -0.05) is 6.07 Å². The monoisotopic (exact) mass is 452 g/mol. The molecular formula is C24H28N4O3S. The van der Waals surface area contributed by atoms with Gasteiger partial charge in [0, 0.05) is 45.1 Å². The summed E-state index contributed by atoms with van der Waals surface area (Å²) in [5.41, 5.74) is 5.99. The Bertz CT molecular complexity index is 1130. The molecule has 0 aliphatic carbocycles. The van der Waals surface area contributed by atoms with E-state index in [2.05, 4.69) is 50.8 Å². The van der Waals surface area contributed by atoms with Crippen LogP contribution in [0.15, 0.2) is 35.8 Å². The largest absolute Gasteiger partial charge is 0.495 e. The smallest absolute Gasteiger partial charge is 0.220 e. The molecule has 8 heteroatoms. The predicted octanol–water partition coefficient (Wildman–Crippen LogP) is 3.28. The summed E-state index contributed by atoms with van der Waals surface area (Å²) in [6, 6.07) is 10.6. The standard InChI is InChI=1S/C24H28N4O3S/c1-15(18-12-23(29)26-13-18)31-22-11-17(9-19-24(22)32-14-27-19)16-3-4-20(21(10-16)30-2)28-7-5-25-6-8-28/h3-4,9-11,14-15,18,25H,5-8,12-13H2,1-2H3,(H,26,29)/t15-,18-/m1/s1. The molecule has 0 spiro atoms. The number of fused-ring (bicyclic) bond motifs is 1. The zero-order chi connectivity index (χ0) is 22.1. The third-order valence-corrected chi connectivity index (χ3v) is 7.21. The maximum atomic E-state index is 11.6. The summed E-state index contributed by atoms with van der Waals surface area (Å²) < 4.78 is 13.2. The molecule has 1 amide bonds. The average molecular weight is 453 g/mol. The van der Waals surface area contributed by atoms with Crippen LogP contribution in [0.25, 0.3) is 21.3 Å². The highest BCUT2D eigenvalue weighted by molar-refractivity contribution is 7.17. The van der Waals surface area contributed by atoms with Crippen LogP contribution in [0.4, 0.5) is 5.69 Å². The van der Waals surface area contributed by atoms with E-state index in [-0.39, 0.29) is 17.9 Å². The number of nitrogens with zero attached hydrogens (tertiary/aromatic N) is 2. The van der Waals surface area contributed by atoms with Gasteiger partial charge in [-0.25, -0.2) is 4.98 Å². The highest BCUT2D eigenvalue weighted by atomic mass is 32.1. The van der Waals surface area contributed by atoms with Gasteiger partial charge in [0.05, 0.1) is 28.5 Å². The fourth-order valence-electron chi connectivity index (χ4n) is 4.47. The van der Waals surface area contributed by atoms with Crippen LogP contribution in [0, 0.1) is 5.92 Å². The van der Waals surface area contributed by atoms with Crippen molar-refractivity contribution in [2.24, 2.45) is 5.92 Å². The highest BCUT2D eigenvalue weighted by Gasteiger charge is 2.28. The van der Waals surface area contributed by atoms with Gasteiger partial charge in [0.15, 0.2) is 0 Å². The summed E-state index contributed by atoms with van der Waals surface area (Å²) in [6.07, 6.45) is 0.441. The Morgan fingerprint density at radius 2 is 1.97 bits per heavy atom. The molecule has 0 saturated carbocycles. The Kier molecular flexibility index (Phi) is 5.89. The number of anilines is 1. The summed E-state index contributed by atoms with van der Waals surface area (Å²) >= 11 is 1.58. The van der Waals surface area contributed by atoms with E-state index in [1.54, 1.807) is 18.4 Å². The number of piperazine rings is 1. The number of hydrogen-bond acceptors (Lipinski definition) is 7. The fraction of sp³-hybridized carbons (Fsp3) is 0.417. The molecule has 2 N–H and O–H groups in total. The van der Waals surface area contributed by atoms with Crippen molar-refractivity contribution in [3.8, 4) is 22.6 Å². The topological polar surface area (TPSA) is 75.7 Å². The van der Waals surface area contributed by atoms with Gasteiger partial charge >= 0.3 is 0 Å². The SMILES string of the molecule is COc1cc(-c2cc(O[C@H](C)[C@H]3CNC(=O)C3)c3scnc3c2)ccc1N1CCNCC1. The number of aromatic nitrogens is 1. The number of benzene rings is 2. The van der Waals surface area contributed by atoms with Crippen LogP contribution in [0.2, 0.25) is 0 Å². The van der Waals surface area contributed by atoms with E-state index in [9.17, 15) is 4.79 Å². The zero-order valence-electron chi connectivity index (χ0n) is 18.4. The van der Waals surface area contributed by atoms with Crippen molar-refractivity contribution in [3.05, 3.63) is 35.8 Å². The number of amides is 1. The number of nitrogens with one attached hydrogen (secondary N) is 2. The van der Waals surface area contributed by atoms with Crippen LogP contribution in [0.3, 0.4) is 0 Å². The molecule has 2 saturated heterocycles. The van der Waals surface area contributed by atoms with Gasteiger partial charge in [0.2, 0.25) is 5.91 Å². The van der Waals surface area contributed by atoms with E-state index in [1.165, 1.54) is 0 Å². The lowest BCUT2D eigenvalue weighted by Crippen LogP contribution is -2.43. The molecule has 32 heavy (non-hydrogen) atoms. The van der Waals surface area contributed by atoms with Gasteiger partial charge in [-0.2, -0.15) is 0 Å². The molecule has 2 aliphatic heterocycles. The van der Waals surface area contributed by atoms with Crippen molar-refractivity contribution in [1.29, 1.82) is 0 Å². The third kappa shape index (κ3) is 4.12. The van der Waals surface area contributed by atoms with Crippen LogP contribution < -0.4 is 25.0 Å². The number of carbonyl (C=O) groups is 1. The number of hydrogen-bond donors (Lipinski definition) is 2. The van der Waals surface area contributed by atoms with E-state index >= 15 is 0 Å². The molecule has 7 nitrogen and oxygen atoms in total. The van der Waals surface area contributed by atoms with Crippen molar-refractivity contribution < 1.29 is 14.3 Å². The Hall–Kier alpha value is -2.84. The molecule has 3 heterocycles. The van der Waals surface area contributed by atoms with Gasteiger partial charge in [0.25, 0.3) is 0 Å². The number of thiazole rings is 1. The first-order valence-electron chi connectivity index (χ1n) is 11.1. The maximum Gasteiger partial charge on any atom is 0.220 e. The molecule has 0 radical (unpaired) electrons. The molecule has 2 fully saturated rings. The van der Waals surface area contributed by atoms with Crippen molar-refractivity contribution >= 4 is 33.1 Å². The summed E-state index contributed by atoms with van der Waals surface area (Å²) in [5.74, 6) is 1.96. The molecule has 2 aliphatic rings. The average Bonchev–Trinajstić information content (AvgIpc) is 3.48. The Balaban J connectivity index is 1.47. The quantitative estimate of drug-likeness (QED) is 0.598. The Labute approximate surface area is 191 Å². The van der Waals surface area contributed by atoms with Crippen LogP contribution in [-0.4, -0.2) is 56.8 Å². The van der Waals surface area contributed by atoms with Crippen molar-refractivity contribution in [2.45, 2.75) is 19.4 Å². The van der Waals surface area contributed by atoms with Crippen molar-refractivity contribution in [2.75, 3.05) is 44.7 Å². The lowest BCUT2D eigenvalue weighted by molar-refractivity contribution is -0.119. The Morgan fingerprint density at radius 3 is 2.72 bits per heavy atom. The number of rotatable bonds is 6. The van der Waals surface area contributed by atoms with Crippen LogP contribution in [0.5, 0.6) is 11.5 Å². The lowest BCUT2D eigenvalue weighted by atomic mass is 10.0. The van der Waals surface area contributed by atoms with Gasteiger partial charge in [-0.3, -0.25) is 4.79 Å². The van der Waals surface area contributed by atoms with Crippen LogP contribution in [-0.2, 0) is 4.79 Å². The second kappa shape index (κ2) is 8.96. The predicted molar refractivity (Wildman–Crippen MR) is 128 cm³/mol. The molecule has 168 valence electrons. The minimum atomic E-state index is -0.0703. The minimum absolute atomic E-state index is 0.0703. The molecule has 5 rings (SSSR count). The van der Waals surface area contributed by atoms with Gasteiger partial charge in [-0.15, -0.1) is 11.3 Å². The molecule has 3 aromatic rings. The second-order valence-corrected chi connectivity index (χ2v) is 9.24. The molecule has 2 aromatic carbocycles. The van der Waals surface area contributed by atoms with E-state index in [4.69, 9.17) is 9.47 Å². The van der Waals surface area contributed by atoms with Crippen LogP contribution in [0.1, 0.15) is 13.3 Å². The van der Waals surface area contributed by atoms with E-state index in [0.29, 0.717) is 13.0 Å². The van der Waals surface area contributed by atoms with Crippen molar-refractivity contribution in [1.82, 2.24) is 15.6 Å². The highest BCUT2D eigenvalue weighted by Crippen LogP contribution is 2.39. The van der Waals surface area contributed by atoms with Crippen LogP contribution >= 0.6 is 11.3 Å². The van der Waals surface area contributed by atoms with E-state index in [1.807, 2.05) is 12.4 Å². The molecule has 1 aromatic heterocycles. The van der Waals surface area contributed by atoms with Gasteiger partial charge in [0.1, 0.15) is 17.6 Å². The summed E-state index contributed by atoms with van der Waals surface area (Å²) in [6.45, 7) is 6.59. The first-order valence-corrected chi connectivity index (χ1v) is 11.9. The molecule has 2 atom stereocenters. The summed E-state index contributed by atoms with van der Waals surface area (Å²) in [4.78, 5) is 18.5. The summed E-state index contributed by atoms with van der Waals surface area (Å²) in [5, 5.41) is 6.29. The first-order chi connectivity index (χ1) is 15.6. The fourth-order valence-corrected chi connectivity index (χ4v) is 5.20. The third-order valence-electron chi connectivity index (χ3n) is 6.35. The first kappa shape index (κ1) is 21.0. The number of methoxy groups -OCH3 is 1.